The minimum atomic E-state index is -0.824. The van der Waals surface area contributed by atoms with Crippen LogP contribution < -0.4 is 0 Å². The molecule has 21 heavy (non-hydrogen) atoms. The quantitative estimate of drug-likeness (QED) is 0.748. The number of nitrogens with zero attached hydrogens (tertiary/aromatic N) is 1. The molecule has 2 saturated heterocycles. The summed E-state index contributed by atoms with van der Waals surface area (Å²) < 4.78 is 10.9. The molecule has 1 N–H and O–H groups in total. The Kier molecular flexibility index (Phi) is 5.58. The lowest BCUT2D eigenvalue weighted by Gasteiger charge is -2.37. The van der Waals surface area contributed by atoms with Crippen molar-refractivity contribution < 1.29 is 24.2 Å². The zero-order chi connectivity index (χ0) is 15.3. The number of hydrogen-bond donors (Lipinski definition) is 1. The number of carbonyl (C=O) groups is 2. The second-order valence-corrected chi connectivity index (χ2v) is 6.24. The van der Waals surface area contributed by atoms with Crippen LogP contribution in [-0.2, 0) is 19.1 Å². The lowest BCUT2D eigenvalue weighted by molar-refractivity contribution is -0.153. The van der Waals surface area contributed by atoms with E-state index in [4.69, 9.17) is 9.47 Å². The van der Waals surface area contributed by atoms with Gasteiger partial charge in [-0.25, -0.2) is 0 Å². The highest BCUT2D eigenvalue weighted by Crippen LogP contribution is 2.29. The summed E-state index contributed by atoms with van der Waals surface area (Å²) in [4.78, 5) is 25.1. The Hall–Kier alpha value is -1.14. The van der Waals surface area contributed by atoms with Crippen molar-refractivity contribution in [1.82, 2.24) is 4.90 Å². The van der Waals surface area contributed by atoms with Crippen LogP contribution in [0.2, 0.25) is 0 Å². The normalized spacial score (nSPS) is 29.6. The number of carboxylic acids is 1. The molecule has 0 aromatic heterocycles. The number of ether oxygens (including phenoxy) is 2. The first kappa shape index (κ1) is 16.2. The maximum atomic E-state index is 12.1. The average molecular weight is 299 g/mol. The van der Waals surface area contributed by atoms with Gasteiger partial charge in [-0.05, 0) is 32.6 Å². The van der Waals surface area contributed by atoms with Crippen LogP contribution in [0.1, 0.15) is 39.0 Å². The number of carbonyl (C=O) groups excluding carboxylic acids is 1. The van der Waals surface area contributed by atoms with Crippen molar-refractivity contribution >= 4 is 11.9 Å². The molecule has 0 aromatic rings. The fourth-order valence-corrected chi connectivity index (χ4v) is 2.94. The van der Waals surface area contributed by atoms with Gasteiger partial charge in [0.25, 0.3) is 0 Å². The van der Waals surface area contributed by atoms with Crippen molar-refractivity contribution in [3.05, 3.63) is 0 Å². The molecule has 0 aliphatic carbocycles. The van der Waals surface area contributed by atoms with Gasteiger partial charge in [-0.15, -0.1) is 0 Å². The molecule has 2 aliphatic heterocycles. The summed E-state index contributed by atoms with van der Waals surface area (Å²) in [6.45, 7) is 4.37. The Morgan fingerprint density at radius 1 is 1.43 bits per heavy atom. The molecule has 2 heterocycles. The Labute approximate surface area is 125 Å². The number of aliphatic carboxylic acids is 1. The summed E-state index contributed by atoms with van der Waals surface area (Å²) in [5, 5.41) is 9.26. The predicted molar refractivity (Wildman–Crippen MR) is 76.0 cm³/mol. The molecule has 0 radical (unpaired) electrons. The Bertz CT molecular complexity index is 380. The Morgan fingerprint density at radius 3 is 2.90 bits per heavy atom. The third-order valence-electron chi connectivity index (χ3n) is 4.35. The SMILES string of the molecule is CC1(C(=O)O)CCCN(C(=O)CCOCC2CCCO2)C1. The second kappa shape index (κ2) is 7.22. The van der Waals surface area contributed by atoms with Gasteiger partial charge in [0.15, 0.2) is 0 Å². The molecule has 120 valence electrons. The van der Waals surface area contributed by atoms with Crippen LogP contribution in [0.25, 0.3) is 0 Å². The predicted octanol–water partition coefficient (Wildman–Crippen LogP) is 1.29. The van der Waals surface area contributed by atoms with Crippen molar-refractivity contribution in [1.29, 1.82) is 0 Å². The summed E-state index contributed by atoms with van der Waals surface area (Å²) in [6, 6.07) is 0. The lowest BCUT2D eigenvalue weighted by atomic mass is 9.82. The highest BCUT2D eigenvalue weighted by atomic mass is 16.5. The summed E-state index contributed by atoms with van der Waals surface area (Å²) in [7, 11) is 0. The standard InChI is InChI=1S/C15H25NO5/c1-15(14(18)19)6-3-7-16(11-15)13(17)5-9-20-10-12-4-2-8-21-12/h12H,2-11H2,1H3,(H,18,19). The van der Waals surface area contributed by atoms with E-state index in [-0.39, 0.29) is 12.0 Å². The number of rotatable bonds is 6. The van der Waals surface area contributed by atoms with Gasteiger partial charge >= 0.3 is 5.97 Å². The monoisotopic (exact) mass is 299 g/mol. The summed E-state index contributed by atoms with van der Waals surface area (Å²) in [5.74, 6) is -0.843. The molecular weight excluding hydrogens is 274 g/mol. The first-order chi connectivity index (χ1) is 10.0. The topological polar surface area (TPSA) is 76.1 Å². The van der Waals surface area contributed by atoms with Crippen LogP contribution in [0.5, 0.6) is 0 Å². The van der Waals surface area contributed by atoms with E-state index in [0.29, 0.717) is 39.1 Å². The van der Waals surface area contributed by atoms with Gasteiger partial charge in [-0.1, -0.05) is 0 Å². The number of amides is 1. The number of piperidine rings is 1. The van der Waals surface area contributed by atoms with Gasteiger partial charge in [0.05, 0.1) is 31.2 Å². The van der Waals surface area contributed by atoms with Crippen molar-refractivity contribution in [3.8, 4) is 0 Å². The smallest absolute Gasteiger partial charge is 0.311 e. The third-order valence-corrected chi connectivity index (χ3v) is 4.35. The molecule has 2 fully saturated rings. The van der Waals surface area contributed by atoms with Crippen LogP contribution in [0, 0.1) is 5.41 Å². The molecule has 6 heteroatoms. The molecular formula is C15H25NO5. The molecule has 2 aliphatic rings. The minimum Gasteiger partial charge on any atom is -0.481 e. The van der Waals surface area contributed by atoms with Crippen LogP contribution in [0.15, 0.2) is 0 Å². The molecule has 6 nitrogen and oxygen atoms in total. The van der Waals surface area contributed by atoms with E-state index in [0.717, 1.165) is 25.9 Å². The first-order valence-electron chi connectivity index (χ1n) is 7.72. The molecule has 2 atom stereocenters. The Morgan fingerprint density at radius 2 is 2.24 bits per heavy atom. The van der Waals surface area contributed by atoms with Gasteiger partial charge in [0.2, 0.25) is 5.91 Å². The maximum Gasteiger partial charge on any atom is 0.311 e. The third kappa shape index (κ3) is 4.41. The van der Waals surface area contributed by atoms with E-state index in [9.17, 15) is 14.7 Å². The van der Waals surface area contributed by atoms with Gasteiger partial charge in [-0.3, -0.25) is 9.59 Å². The molecule has 0 spiro atoms. The number of likely N-dealkylation sites (tertiary alicyclic amines) is 1. The zero-order valence-corrected chi connectivity index (χ0v) is 12.7. The van der Waals surface area contributed by atoms with Gasteiger partial charge in [0, 0.05) is 19.7 Å². The minimum absolute atomic E-state index is 0.0190. The fraction of sp³-hybridized carbons (Fsp3) is 0.867. The van der Waals surface area contributed by atoms with Crippen LogP contribution in [0.4, 0.5) is 0 Å². The maximum absolute atomic E-state index is 12.1. The summed E-state index contributed by atoms with van der Waals surface area (Å²) in [6.07, 6.45) is 3.95. The van der Waals surface area contributed by atoms with Crippen LogP contribution >= 0.6 is 0 Å². The van der Waals surface area contributed by atoms with E-state index in [1.54, 1.807) is 11.8 Å². The molecule has 0 saturated carbocycles. The molecule has 1 amide bonds. The number of carboxylic acid groups (broad SMARTS) is 1. The van der Waals surface area contributed by atoms with Gasteiger partial charge in [-0.2, -0.15) is 0 Å². The van der Waals surface area contributed by atoms with Crippen molar-refractivity contribution in [3.63, 3.8) is 0 Å². The first-order valence-corrected chi connectivity index (χ1v) is 7.72. The number of hydrogen-bond acceptors (Lipinski definition) is 4. The van der Waals surface area contributed by atoms with Gasteiger partial charge in [0.1, 0.15) is 0 Å². The molecule has 2 unspecified atom stereocenters. The van der Waals surface area contributed by atoms with Crippen LogP contribution in [0.3, 0.4) is 0 Å². The molecule has 0 bridgehead atoms. The summed E-state index contributed by atoms with van der Waals surface area (Å²) in [5.41, 5.74) is -0.813. The highest BCUT2D eigenvalue weighted by molar-refractivity contribution is 5.79. The van der Waals surface area contributed by atoms with Gasteiger partial charge < -0.3 is 19.5 Å². The van der Waals surface area contributed by atoms with Crippen molar-refractivity contribution in [2.75, 3.05) is 32.9 Å². The van der Waals surface area contributed by atoms with E-state index >= 15 is 0 Å². The summed E-state index contributed by atoms with van der Waals surface area (Å²) >= 11 is 0. The zero-order valence-electron chi connectivity index (χ0n) is 12.7. The van der Waals surface area contributed by atoms with E-state index < -0.39 is 11.4 Å². The lowest BCUT2D eigenvalue weighted by Crippen LogP contribution is -2.48. The molecule has 2 rings (SSSR count). The second-order valence-electron chi connectivity index (χ2n) is 6.24. The fourth-order valence-electron chi connectivity index (χ4n) is 2.94. The Balaban J connectivity index is 1.68. The van der Waals surface area contributed by atoms with Crippen molar-refractivity contribution in [2.24, 2.45) is 5.41 Å². The van der Waals surface area contributed by atoms with Crippen molar-refractivity contribution in [2.45, 2.75) is 45.1 Å². The molecule has 0 aromatic carbocycles. The largest absolute Gasteiger partial charge is 0.481 e. The van der Waals surface area contributed by atoms with E-state index in [1.165, 1.54) is 0 Å². The average Bonchev–Trinajstić information content (AvgIpc) is 2.96. The van der Waals surface area contributed by atoms with E-state index in [2.05, 4.69) is 0 Å². The highest BCUT2D eigenvalue weighted by Gasteiger charge is 2.39. The van der Waals surface area contributed by atoms with Crippen LogP contribution in [-0.4, -0.2) is 60.9 Å². The van der Waals surface area contributed by atoms with E-state index in [1.807, 2.05) is 0 Å².